The summed E-state index contributed by atoms with van der Waals surface area (Å²) in [5.41, 5.74) is 1.96. The van der Waals surface area contributed by atoms with E-state index in [1.165, 1.54) is 0 Å². The van der Waals surface area contributed by atoms with Gasteiger partial charge in [-0.3, -0.25) is 0 Å². The van der Waals surface area contributed by atoms with Crippen LogP contribution in [0, 0.1) is 0 Å². The fourth-order valence-corrected chi connectivity index (χ4v) is 2.28. The minimum atomic E-state index is -0.951. The fourth-order valence-electron chi connectivity index (χ4n) is 2.28. The summed E-state index contributed by atoms with van der Waals surface area (Å²) in [6.45, 7) is 3.26. The highest BCUT2D eigenvalue weighted by Gasteiger charge is 2.18. The number of anilines is 1. The number of benzene rings is 1. The number of para-hydroxylation sites is 1. The van der Waals surface area contributed by atoms with Crippen LogP contribution in [0.3, 0.4) is 0 Å². The molecule has 0 saturated heterocycles. The summed E-state index contributed by atoms with van der Waals surface area (Å²) < 4.78 is 0. The first-order chi connectivity index (χ1) is 9.65. The number of aryl methyl sites for hydroxylation is 1. The maximum absolute atomic E-state index is 11.4. The van der Waals surface area contributed by atoms with Crippen LogP contribution in [0.1, 0.15) is 35.7 Å². The predicted molar refractivity (Wildman–Crippen MR) is 78.4 cm³/mol. The molecule has 0 saturated carbocycles. The molecule has 112 valence electrons. The highest BCUT2D eigenvalue weighted by molar-refractivity contribution is 5.95. The van der Waals surface area contributed by atoms with Gasteiger partial charge in [0, 0.05) is 26.3 Å². The Balaban J connectivity index is 3.16. The molecule has 0 aliphatic heterocycles. The first kappa shape index (κ1) is 16.5. The first-order valence-corrected chi connectivity index (χ1v) is 6.97. The van der Waals surface area contributed by atoms with Gasteiger partial charge in [-0.25, -0.2) is 4.79 Å². The Hall–Kier alpha value is -1.59. The monoisotopic (exact) mass is 281 g/mol. The van der Waals surface area contributed by atoms with E-state index in [-0.39, 0.29) is 18.8 Å². The van der Waals surface area contributed by atoms with Crippen molar-refractivity contribution in [1.82, 2.24) is 0 Å². The van der Waals surface area contributed by atoms with Crippen LogP contribution >= 0.6 is 0 Å². The summed E-state index contributed by atoms with van der Waals surface area (Å²) in [5, 5.41) is 27.4. The number of nitrogens with zero attached hydrogens (tertiary/aromatic N) is 1. The third-order valence-electron chi connectivity index (χ3n) is 3.22. The van der Waals surface area contributed by atoms with Crippen LogP contribution < -0.4 is 4.90 Å². The molecule has 3 N–H and O–H groups in total. The van der Waals surface area contributed by atoms with Crippen LogP contribution in [-0.2, 0) is 6.42 Å². The first-order valence-electron chi connectivity index (χ1n) is 6.97. The molecule has 0 aliphatic carbocycles. The van der Waals surface area contributed by atoms with Crippen molar-refractivity contribution in [1.29, 1.82) is 0 Å². The van der Waals surface area contributed by atoms with Crippen molar-refractivity contribution in [3.63, 3.8) is 0 Å². The molecule has 1 aromatic carbocycles. The van der Waals surface area contributed by atoms with Crippen molar-refractivity contribution < 1.29 is 20.1 Å². The van der Waals surface area contributed by atoms with Crippen molar-refractivity contribution in [2.45, 2.75) is 26.2 Å². The van der Waals surface area contributed by atoms with Gasteiger partial charge in [0.15, 0.2) is 0 Å². The van der Waals surface area contributed by atoms with Gasteiger partial charge in [0.1, 0.15) is 0 Å². The van der Waals surface area contributed by atoms with E-state index in [2.05, 4.69) is 0 Å². The maximum Gasteiger partial charge on any atom is 0.337 e. The van der Waals surface area contributed by atoms with Crippen LogP contribution in [0.2, 0.25) is 0 Å². The third-order valence-corrected chi connectivity index (χ3v) is 3.22. The van der Waals surface area contributed by atoms with Gasteiger partial charge >= 0.3 is 5.97 Å². The Bertz CT molecular complexity index is 426. The number of rotatable bonds is 9. The molecule has 0 spiro atoms. The highest BCUT2D eigenvalue weighted by Crippen LogP contribution is 2.27. The predicted octanol–water partition coefficient (Wildman–Crippen LogP) is 1.52. The van der Waals surface area contributed by atoms with Gasteiger partial charge in [0.2, 0.25) is 0 Å². The molecule has 0 bridgehead atoms. The summed E-state index contributed by atoms with van der Waals surface area (Å²) >= 11 is 0. The van der Waals surface area contributed by atoms with Crippen molar-refractivity contribution >= 4 is 11.7 Å². The van der Waals surface area contributed by atoms with Crippen molar-refractivity contribution in [3.05, 3.63) is 29.3 Å². The molecule has 0 aromatic heterocycles. The van der Waals surface area contributed by atoms with Gasteiger partial charge in [0.05, 0.1) is 11.3 Å². The van der Waals surface area contributed by atoms with Gasteiger partial charge in [0.25, 0.3) is 0 Å². The second-order valence-electron chi connectivity index (χ2n) is 4.61. The van der Waals surface area contributed by atoms with Gasteiger partial charge in [-0.2, -0.15) is 0 Å². The molecule has 5 nitrogen and oxygen atoms in total. The summed E-state index contributed by atoms with van der Waals surface area (Å²) in [7, 11) is 0. The average Bonchev–Trinajstić information content (AvgIpc) is 2.46. The highest BCUT2D eigenvalue weighted by atomic mass is 16.4. The topological polar surface area (TPSA) is 81.0 Å². The molecular formula is C15H23NO4. The van der Waals surface area contributed by atoms with Gasteiger partial charge in [-0.05, 0) is 30.9 Å². The Morgan fingerprint density at radius 1 is 1.15 bits per heavy atom. The van der Waals surface area contributed by atoms with Gasteiger partial charge in [-0.15, -0.1) is 0 Å². The Morgan fingerprint density at radius 2 is 1.75 bits per heavy atom. The standard InChI is InChI=1S/C15H23NO4/c1-2-12-6-3-7-13(15(19)20)14(12)16(8-4-10-17)9-5-11-18/h3,6-7,17-18H,2,4-5,8-11H2,1H3,(H,19,20). The molecule has 20 heavy (non-hydrogen) atoms. The summed E-state index contributed by atoms with van der Waals surface area (Å²) in [5.74, 6) is -0.951. The molecule has 5 heteroatoms. The number of carboxylic acid groups (broad SMARTS) is 1. The molecular weight excluding hydrogens is 258 g/mol. The van der Waals surface area contributed by atoms with Crippen molar-refractivity contribution in [2.75, 3.05) is 31.2 Å². The lowest BCUT2D eigenvalue weighted by Gasteiger charge is -2.28. The number of aliphatic hydroxyl groups is 2. The number of carbonyl (C=O) groups is 1. The van der Waals surface area contributed by atoms with E-state index >= 15 is 0 Å². The van der Waals surface area contributed by atoms with Crippen molar-refractivity contribution in [2.24, 2.45) is 0 Å². The van der Waals surface area contributed by atoms with E-state index in [1.54, 1.807) is 12.1 Å². The minimum absolute atomic E-state index is 0.0618. The maximum atomic E-state index is 11.4. The van der Waals surface area contributed by atoms with Crippen LogP contribution in [0.5, 0.6) is 0 Å². The zero-order valence-corrected chi connectivity index (χ0v) is 11.9. The normalized spacial score (nSPS) is 10.6. The SMILES string of the molecule is CCc1cccc(C(=O)O)c1N(CCCO)CCCO. The molecule has 1 aromatic rings. The van der Waals surface area contributed by atoms with E-state index in [9.17, 15) is 9.90 Å². The summed E-state index contributed by atoms with van der Waals surface area (Å²) in [4.78, 5) is 13.4. The van der Waals surface area contributed by atoms with E-state index in [4.69, 9.17) is 10.2 Å². The van der Waals surface area contributed by atoms with Crippen LogP contribution in [-0.4, -0.2) is 47.6 Å². The molecule has 0 atom stereocenters. The van der Waals surface area contributed by atoms with Crippen LogP contribution in [0.4, 0.5) is 5.69 Å². The van der Waals surface area contributed by atoms with Crippen LogP contribution in [0.15, 0.2) is 18.2 Å². The second kappa shape index (κ2) is 8.55. The van der Waals surface area contributed by atoms with E-state index < -0.39 is 5.97 Å². The molecule has 0 unspecified atom stereocenters. The number of aromatic carboxylic acids is 1. The summed E-state index contributed by atoms with van der Waals surface area (Å²) in [6, 6.07) is 5.27. The number of aliphatic hydroxyl groups excluding tert-OH is 2. The third kappa shape index (κ3) is 4.21. The van der Waals surface area contributed by atoms with Crippen molar-refractivity contribution in [3.8, 4) is 0 Å². The molecule has 0 heterocycles. The van der Waals surface area contributed by atoms with E-state index in [0.717, 1.165) is 12.0 Å². The largest absolute Gasteiger partial charge is 0.478 e. The average molecular weight is 281 g/mol. The molecule has 0 radical (unpaired) electrons. The Kier molecular flexibility index (Phi) is 7.04. The Labute approximate surface area is 119 Å². The second-order valence-corrected chi connectivity index (χ2v) is 4.61. The Morgan fingerprint density at radius 3 is 2.20 bits per heavy atom. The summed E-state index contributed by atoms with van der Waals surface area (Å²) in [6.07, 6.45) is 1.89. The van der Waals surface area contributed by atoms with Crippen LogP contribution in [0.25, 0.3) is 0 Å². The zero-order valence-electron chi connectivity index (χ0n) is 11.9. The molecule has 0 aliphatic rings. The van der Waals surface area contributed by atoms with E-state index in [0.29, 0.717) is 31.6 Å². The van der Waals surface area contributed by atoms with Gasteiger partial charge in [-0.1, -0.05) is 19.1 Å². The minimum Gasteiger partial charge on any atom is -0.478 e. The zero-order chi connectivity index (χ0) is 15.0. The fraction of sp³-hybridized carbons (Fsp3) is 0.533. The lowest BCUT2D eigenvalue weighted by atomic mass is 10.0. The van der Waals surface area contributed by atoms with Gasteiger partial charge < -0.3 is 20.2 Å². The number of carboxylic acids is 1. The number of hydrogen-bond acceptors (Lipinski definition) is 4. The van der Waals surface area contributed by atoms with E-state index in [1.807, 2.05) is 17.9 Å². The molecule has 1 rings (SSSR count). The lowest BCUT2D eigenvalue weighted by molar-refractivity contribution is 0.0697. The molecule has 0 fully saturated rings. The quantitative estimate of drug-likeness (QED) is 0.639. The molecule has 0 amide bonds. The lowest BCUT2D eigenvalue weighted by Crippen LogP contribution is -2.29. The number of hydrogen-bond donors (Lipinski definition) is 3. The smallest absolute Gasteiger partial charge is 0.337 e.